The number of nitrogens with zero attached hydrogens (tertiary/aromatic N) is 2. The summed E-state index contributed by atoms with van der Waals surface area (Å²) >= 11 is 1.61. The summed E-state index contributed by atoms with van der Waals surface area (Å²) in [5.41, 5.74) is 1.87. The highest BCUT2D eigenvalue weighted by molar-refractivity contribution is 7.09. The maximum atomic E-state index is 12.2. The van der Waals surface area contributed by atoms with Gasteiger partial charge in [0.15, 0.2) is 0 Å². The van der Waals surface area contributed by atoms with Gasteiger partial charge in [0.25, 0.3) is 0 Å². The maximum Gasteiger partial charge on any atom is 0.244 e. The van der Waals surface area contributed by atoms with Gasteiger partial charge in [-0.05, 0) is 56.4 Å². The molecule has 2 fully saturated rings. The van der Waals surface area contributed by atoms with Crippen LogP contribution >= 0.6 is 11.3 Å². The molecule has 4 rings (SSSR count). The van der Waals surface area contributed by atoms with E-state index in [2.05, 4.69) is 10.3 Å². The van der Waals surface area contributed by atoms with Crippen LogP contribution in [0.2, 0.25) is 0 Å². The summed E-state index contributed by atoms with van der Waals surface area (Å²) in [6.45, 7) is 3.91. The van der Waals surface area contributed by atoms with E-state index < -0.39 is 0 Å². The van der Waals surface area contributed by atoms with Gasteiger partial charge >= 0.3 is 0 Å². The second kappa shape index (κ2) is 9.43. The smallest absolute Gasteiger partial charge is 0.244 e. The van der Waals surface area contributed by atoms with Crippen molar-refractivity contribution in [2.24, 2.45) is 5.92 Å². The molecule has 1 aromatic carbocycles. The van der Waals surface area contributed by atoms with Crippen LogP contribution in [0, 0.1) is 12.8 Å². The number of piperidine rings is 1. The van der Waals surface area contributed by atoms with Crippen molar-refractivity contribution in [2.75, 3.05) is 13.1 Å². The zero-order valence-electron chi connectivity index (χ0n) is 17.2. The first-order chi connectivity index (χ1) is 14.6. The maximum absolute atomic E-state index is 12.2. The van der Waals surface area contributed by atoms with Crippen LogP contribution in [0.25, 0.3) is 6.08 Å². The minimum absolute atomic E-state index is 0.0961. The third kappa shape index (κ3) is 5.69. The number of ether oxygens (including phenoxy) is 1. The molecule has 1 saturated heterocycles. The Morgan fingerprint density at radius 2 is 1.93 bits per heavy atom. The van der Waals surface area contributed by atoms with Crippen LogP contribution in [0.5, 0.6) is 5.75 Å². The first kappa shape index (κ1) is 20.6. The van der Waals surface area contributed by atoms with Crippen molar-refractivity contribution in [2.45, 2.75) is 45.3 Å². The van der Waals surface area contributed by atoms with Crippen LogP contribution in [-0.2, 0) is 16.2 Å². The summed E-state index contributed by atoms with van der Waals surface area (Å²) in [5, 5.41) is 6.08. The SMILES string of the molecule is Cc1nc(COc2ccc(/C=C/C(=O)NC3CCN(C(=O)C4CC4)CC3)cc2)cs1. The molecule has 1 N–H and O–H groups in total. The summed E-state index contributed by atoms with van der Waals surface area (Å²) in [5.74, 6) is 1.25. The molecule has 0 atom stereocenters. The van der Waals surface area contributed by atoms with E-state index in [0.717, 1.165) is 60.8 Å². The molecule has 158 valence electrons. The molecule has 0 unspecified atom stereocenters. The number of hydrogen-bond acceptors (Lipinski definition) is 5. The molecule has 2 aliphatic rings. The van der Waals surface area contributed by atoms with E-state index in [-0.39, 0.29) is 17.9 Å². The number of benzene rings is 1. The van der Waals surface area contributed by atoms with E-state index in [0.29, 0.717) is 12.5 Å². The first-order valence-corrected chi connectivity index (χ1v) is 11.4. The summed E-state index contributed by atoms with van der Waals surface area (Å²) < 4.78 is 5.74. The molecule has 0 radical (unpaired) electrons. The Hall–Kier alpha value is -2.67. The molecular formula is C23H27N3O3S. The van der Waals surface area contributed by atoms with Crippen molar-refractivity contribution in [3.05, 3.63) is 52.0 Å². The van der Waals surface area contributed by atoms with Crippen molar-refractivity contribution < 1.29 is 14.3 Å². The monoisotopic (exact) mass is 425 g/mol. The number of carbonyl (C=O) groups excluding carboxylic acids is 2. The molecule has 2 heterocycles. The molecule has 2 aromatic rings. The van der Waals surface area contributed by atoms with Crippen LogP contribution in [-0.4, -0.2) is 40.8 Å². The lowest BCUT2D eigenvalue weighted by Gasteiger charge is -2.32. The Labute approximate surface area is 181 Å². The van der Waals surface area contributed by atoms with Gasteiger partial charge in [-0.1, -0.05) is 12.1 Å². The van der Waals surface area contributed by atoms with Gasteiger partial charge in [0, 0.05) is 36.5 Å². The average molecular weight is 426 g/mol. The van der Waals surface area contributed by atoms with Crippen molar-refractivity contribution in [1.29, 1.82) is 0 Å². The van der Waals surface area contributed by atoms with E-state index >= 15 is 0 Å². The van der Waals surface area contributed by atoms with E-state index in [1.165, 1.54) is 0 Å². The van der Waals surface area contributed by atoms with Crippen molar-refractivity contribution in [3.63, 3.8) is 0 Å². The zero-order valence-corrected chi connectivity index (χ0v) is 18.0. The lowest BCUT2D eigenvalue weighted by molar-refractivity contribution is -0.133. The molecule has 7 heteroatoms. The standard InChI is InChI=1S/C23H27N3O3S/c1-16-24-20(15-30-16)14-29-21-7-2-17(3-8-21)4-9-22(27)25-19-10-12-26(13-11-19)23(28)18-5-6-18/h2-4,7-9,15,18-19H,5-6,10-14H2,1H3,(H,25,27)/b9-4+. The zero-order chi connectivity index (χ0) is 20.9. The number of likely N-dealkylation sites (tertiary alicyclic amines) is 1. The van der Waals surface area contributed by atoms with Gasteiger partial charge in [-0.15, -0.1) is 11.3 Å². The molecule has 2 amide bonds. The molecule has 6 nitrogen and oxygen atoms in total. The molecule has 0 spiro atoms. The van der Waals surface area contributed by atoms with Gasteiger partial charge < -0.3 is 15.0 Å². The lowest BCUT2D eigenvalue weighted by atomic mass is 10.0. The highest BCUT2D eigenvalue weighted by Crippen LogP contribution is 2.31. The topological polar surface area (TPSA) is 71.5 Å². The fourth-order valence-electron chi connectivity index (χ4n) is 3.56. The third-order valence-corrected chi connectivity index (χ3v) is 6.26. The Bertz CT molecular complexity index is 910. The number of amides is 2. The van der Waals surface area contributed by atoms with Crippen molar-refractivity contribution in [1.82, 2.24) is 15.2 Å². The highest BCUT2D eigenvalue weighted by atomic mass is 32.1. The van der Waals surface area contributed by atoms with Gasteiger partial charge in [-0.25, -0.2) is 4.98 Å². The van der Waals surface area contributed by atoms with Crippen LogP contribution in [0.3, 0.4) is 0 Å². The summed E-state index contributed by atoms with van der Waals surface area (Å²) in [4.78, 5) is 30.7. The summed E-state index contributed by atoms with van der Waals surface area (Å²) in [7, 11) is 0. The second-order valence-electron chi connectivity index (χ2n) is 7.93. The van der Waals surface area contributed by atoms with Gasteiger partial charge in [0.2, 0.25) is 11.8 Å². The Balaban J connectivity index is 1.19. The second-order valence-corrected chi connectivity index (χ2v) is 8.99. The van der Waals surface area contributed by atoms with Crippen LogP contribution in [0.15, 0.2) is 35.7 Å². The fourth-order valence-corrected chi connectivity index (χ4v) is 4.16. The molecule has 0 bridgehead atoms. The Kier molecular flexibility index (Phi) is 6.47. The third-order valence-electron chi connectivity index (χ3n) is 5.44. The highest BCUT2D eigenvalue weighted by Gasteiger charge is 2.34. The number of thiazole rings is 1. The number of aromatic nitrogens is 1. The molecule has 30 heavy (non-hydrogen) atoms. The normalized spacial score (nSPS) is 17.3. The lowest BCUT2D eigenvalue weighted by Crippen LogP contribution is -2.46. The number of hydrogen-bond donors (Lipinski definition) is 1. The molecular weight excluding hydrogens is 398 g/mol. The molecule has 1 saturated carbocycles. The number of nitrogens with one attached hydrogen (secondary N) is 1. The predicted octanol–water partition coefficient (Wildman–Crippen LogP) is 3.56. The Morgan fingerprint density at radius 1 is 1.20 bits per heavy atom. The quantitative estimate of drug-likeness (QED) is 0.689. The van der Waals surface area contributed by atoms with Crippen LogP contribution in [0.4, 0.5) is 0 Å². The Morgan fingerprint density at radius 3 is 2.57 bits per heavy atom. The number of carbonyl (C=O) groups is 2. The summed E-state index contributed by atoms with van der Waals surface area (Å²) in [6.07, 6.45) is 7.09. The minimum Gasteiger partial charge on any atom is -0.487 e. The minimum atomic E-state index is -0.0961. The van der Waals surface area contributed by atoms with E-state index in [9.17, 15) is 9.59 Å². The number of aryl methyl sites for hydroxylation is 1. The van der Waals surface area contributed by atoms with E-state index in [1.807, 2.05) is 41.5 Å². The predicted molar refractivity (Wildman–Crippen MR) is 117 cm³/mol. The molecule has 1 aliphatic carbocycles. The van der Waals surface area contributed by atoms with E-state index in [1.54, 1.807) is 23.5 Å². The molecule has 1 aliphatic heterocycles. The summed E-state index contributed by atoms with van der Waals surface area (Å²) in [6, 6.07) is 7.77. The molecule has 1 aromatic heterocycles. The largest absolute Gasteiger partial charge is 0.487 e. The first-order valence-electron chi connectivity index (χ1n) is 10.5. The van der Waals surface area contributed by atoms with Crippen LogP contribution < -0.4 is 10.1 Å². The number of rotatable bonds is 7. The fraction of sp³-hybridized carbons (Fsp3) is 0.435. The van der Waals surface area contributed by atoms with Gasteiger partial charge in [-0.2, -0.15) is 0 Å². The van der Waals surface area contributed by atoms with Crippen LogP contribution in [0.1, 0.15) is 41.9 Å². The van der Waals surface area contributed by atoms with Crippen molar-refractivity contribution >= 4 is 29.2 Å². The van der Waals surface area contributed by atoms with Crippen molar-refractivity contribution in [3.8, 4) is 5.75 Å². The van der Waals surface area contributed by atoms with Gasteiger partial charge in [-0.3, -0.25) is 9.59 Å². The van der Waals surface area contributed by atoms with E-state index in [4.69, 9.17) is 4.74 Å². The average Bonchev–Trinajstić information content (AvgIpc) is 3.53. The van der Waals surface area contributed by atoms with Gasteiger partial charge in [0.05, 0.1) is 10.7 Å². The van der Waals surface area contributed by atoms with Gasteiger partial charge in [0.1, 0.15) is 12.4 Å².